The number of methoxy groups -OCH3 is 1. The van der Waals surface area contributed by atoms with Crippen LogP contribution in [-0.4, -0.2) is 37.0 Å². The molecule has 1 aliphatic heterocycles. The molecular weight excluding hydrogens is 314 g/mol. The Bertz CT molecular complexity index is 761. The highest BCUT2D eigenvalue weighted by Crippen LogP contribution is 2.22. The van der Waals surface area contributed by atoms with Gasteiger partial charge in [-0.2, -0.15) is 0 Å². The van der Waals surface area contributed by atoms with Crippen LogP contribution in [0.4, 0.5) is 4.79 Å². The minimum Gasteiger partial charge on any atom is -0.453 e. The summed E-state index contributed by atoms with van der Waals surface area (Å²) in [6.07, 6.45) is 3.22. The number of rotatable bonds is 2. The molecule has 1 heterocycles. The van der Waals surface area contributed by atoms with E-state index >= 15 is 0 Å². The van der Waals surface area contributed by atoms with Gasteiger partial charge in [0.2, 0.25) is 0 Å². The van der Waals surface area contributed by atoms with E-state index < -0.39 is 6.09 Å². The molecule has 0 aliphatic carbocycles. The zero-order valence-electron chi connectivity index (χ0n) is 14.0. The number of benzene rings is 2. The number of carbonyl (C=O) groups excluding carboxylic acids is 2. The Morgan fingerprint density at radius 3 is 1.72 bits per heavy atom. The third-order valence-corrected chi connectivity index (χ3v) is 4.02. The average Bonchev–Trinajstić information content (AvgIpc) is 2.66. The summed E-state index contributed by atoms with van der Waals surface area (Å²) in [4.78, 5) is 26.4. The fourth-order valence-electron chi connectivity index (χ4n) is 2.80. The van der Waals surface area contributed by atoms with Crippen LogP contribution in [0.2, 0.25) is 0 Å². The number of piperidine rings is 1. The second kappa shape index (κ2) is 7.62. The van der Waals surface area contributed by atoms with Crippen molar-refractivity contribution in [1.29, 1.82) is 0 Å². The van der Waals surface area contributed by atoms with Gasteiger partial charge in [0.05, 0.1) is 20.2 Å². The predicted octanol–water partition coefficient (Wildman–Crippen LogP) is 3.80. The molecule has 0 saturated carbocycles. The summed E-state index contributed by atoms with van der Waals surface area (Å²) >= 11 is 0. The van der Waals surface area contributed by atoms with Crippen LogP contribution in [0.15, 0.2) is 71.8 Å². The highest BCUT2D eigenvalue weighted by molar-refractivity contribution is 6.15. The molecule has 4 nitrogen and oxygen atoms in total. The van der Waals surface area contributed by atoms with Crippen molar-refractivity contribution in [1.82, 2.24) is 4.90 Å². The molecular formula is C21H19NO3. The lowest BCUT2D eigenvalue weighted by Crippen LogP contribution is -2.41. The van der Waals surface area contributed by atoms with E-state index in [9.17, 15) is 9.59 Å². The molecule has 4 heteroatoms. The van der Waals surface area contributed by atoms with Crippen molar-refractivity contribution in [3.8, 4) is 0 Å². The number of Topliss-reactive ketones (excluding diaryl/α,β-unsaturated/α-hetero) is 1. The van der Waals surface area contributed by atoms with E-state index in [1.54, 1.807) is 0 Å². The van der Waals surface area contributed by atoms with Crippen molar-refractivity contribution in [2.75, 3.05) is 20.2 Å². The van der Waals surface area contributed by atoms with E-state index in [1.807, 2.05) is 72.8 Å². The summed E-state index contributed by atoms with van der Waals surface area (Å²) in [5.74, 6) is -0.0344. The van der Waals surface area contributed by atoms with Crippen LogP contribution >= 0.6 is 0 Å². The van der Waals surface area contributed by atoms with Gasteiger partial charge >= 0.3 is 6.09 Å². The molecule has 0 bridgehead atoms. The molecule has 0 unspecified atom stereocenters. The van der Waals surface area contributed by atoms with Crippen molar-refractivity contribution >= 4 is 24.0 Å². The minimum atomic E-state index is -0.439. The molecule has 0 atom stereocenters. The van der Waals surface area contributed by atoms with Gasteiger partial charge in [-0.05, 0) is 23.3 Å². The molecule has 1 amide bonds. The van der Waals surface area contributed by atoms with Crippen LogP contribution in [0.25, 0.3) is 12.2 Å². The lowest BCUT2D eigenvalue weighted by atomic mass is 9.94. The van der Waals surface area contributed by atoms with Gasteiger partial charge in [-0.25, -0.2) is 4.79 Å². The third-order valence-electron chi connectivity index (χ3n) is 4.02. The Balaban J connectivity index is 1.98. The normalized spacial score (nSPS) is 17.8. The highest BCUT2D eigenvalue weighted by atomic mass is 16.5. The van der Waals surface area contributed by atoms with Gasteiger partial charge in [0.1, 0.15) is 0 Å². The van der Waals surface area contributed by atoms with Crippen LogP contribution in [0, 0.1) is 0 Å². The number of likely N-dealkylation sites (tertiary alicyclic amines) is 1. The maximum Gasteiger partial charge on any atom is 0.410 e. The van der Waals surface area contributed by atoms with Crippen molar-refractivity contribution in [2.45, 2.75) is 0 Å². The molecule has 0 aromatic heterocycles. The van der Waals surface area contributed by atoms with Crippen LogP contribution in [0.3, 0.4) is 0 Å². The maximum absolute atomic E-state index is 12.9. The van der Waals surface area contributed by atoms with Gasteiger partial charge in [0.25, 0.3) is 0 Å². The van der Waals surface area contributed by atoms with Gasteiger partial charge in [0.15, 0.2) is 5.78 Å². The average molecular weight is 333 g/mol. The highest BCUT2D eigenvalue weighted by Gasteiger charge is 2.29. The smallest absolute Gasteiger partial charge is 0.410 e. The number of amides is 1. The maximum atomic E-state index is 12.9. The van der Waals surface area contributed by atoms with E-state index in [0.29, 0.717) is 11.1 Å². The first-order valence-electron chi connectivity index (χ1n) is 8.06. The van der Waals surface area contributed by atoms with E-state index in [0.717, 1.165) is 11.1 Å². The summed E-state index contributed by atoms with van der Waals surface area (Å²) in [6, 6.07) is 19.2. The van der Waals surface area contributed by atoms with Crippen LogP contribution in [0.5, 0.6) is 0 Å². The molecule has 2 aromatic rings. The van der Waals surface area contributed by atoms with Crippen molar-refractivity contribution in [3.63, 3.8) is 0 Å². The number of carbonyl (C=O) groups is 2. The zero-order chi connectivity index (χ0) is 17.6. The Kier molecular flexibility index (Phi) is 5.09. The molecule has 0 radical (unpaired) electrons. The largest absolute Gasteiger partial charge is 0.453 e. The summed E-state index contributed by atoms with van der Waals surface area (Å²) in [5, 5.41) is 0. The first kappa shape index (κ1) is 16.7. The number of hydrogen-bond donors (Lipinski definition) is 0. The van der Waals surface area contributed by atoms with Crippen LogP contribution in [-0.2, 0) is 9.53 Å². The fraction of sp³-hybridized carbons (Fsp3) is 0.143. The zero-order valence-corrected chi connectivity index (χ0v) is 14.0. The van der Waals surface area contributed by atoms with Gasteiger partial charge in [-0.1, -0.05) is 60.7 Å². The monoisotopic (exact) mass is 333 g/mol. The molecule has 25 heavy (non-hydrogen) atoms. The Labute approximate surface area is 147 Å². The SMILES string of the molecule is COC(=O)N1C/C(=C/c2ccccc2)C(=O)/C(=C/c2ccccc2)C1. The van der Waals surface area contributed by atoms with Crippen molar-refractivity contribution in [3.05, 3.63) is 82.9 Å². The second-order valence-corrected chi connectivity index (χ2v) is 5.82. The summed E-state index contributed by atoms with van der Waals surface area (Å²) < 4.78 is 4.84. The van der Waals surface area contributed by atoms with E-state index in [2.05, 4.69) is 0 Å². The van der Waals surface area contributed by atoms with E-state index in [1.165, 1.54) is 12.0 Å². The molecule has 1 aliphatic rings. The third kappa shape index (κ3) is 4.04. The number of ketones is 1. The minimum absolute atomic E-state index is 0.0344. The van der Waals surface area contributed by atoms with E-state index in [4.69, 9.17) is 4.74 Å². The Hall–Kier alpha value is -3.14. The quantitative estimate of drug-likeness (QED) is 0.785. The molecule has 0 spiro atoms. The molecule has 1 saturated heterocycles. The van der Waals surface area contributed by atoms with Crippen LogP contribution in [0.1, 0.15) is 11.1 Å². The molecule has 3 rings (SSSR count). The lowest BCUT2D eigenvalue weighted by Gasteiger charge is -2.28. The molecule has 126 valence electrons. The number of ether oxygens (including phenoxy) is 1. The molecule has 2 aromatic carbocycles. The second-order valence-electron chi connectivity index (χ2n) is 5.82. The number of hydrogen-bond acceptors (Lipinski definition) is 3. The van der Waals surface area contributed by atoms with Crippen molar-refractivity contribution < 1.29 is 14.3 Å². The molecule has 0 N–H and O–H groups in total. The Morgan fingerprint density at radius 2 is 1.32 bits per heavy atom. The van der Waals surface area contributed by atoms with Crippen molar-refractivity contribution in [2.24, 2.45) is 0 Å². The first-order chi connectivity index (χ1) is 12.2. The van der Waals surface area contributed by atoms with Gasteiger partial charge < -0.3 is 4.74 Å². The predicted molar refractivity (Wildman–Crippen MR) is 97.8 cm³/mol. The van der Waals surface area contributed by atoms with Gasteiger partial charge in [0, 0.05) is 11.1 Å². The lowest BCUT2D eigenvalue weighted by molar-refractivity contribution is -0.113. The number of nitrogens with zero attached hydrogens (tertiary/aromatic N) is 1. The van der Waals surface area contributed by atoms with Gasteiger partial charge in [-0.15, -0.1) is 0 Å². The fourth-order valence-corrected chi connectivity index (χ4v) is 2.80. The standard InChI is InChI=1S/C21H19NO3/c1-25-21(24)22-14-18(12-16-8-4-2-5-9-16)20(23)19(15-22)13-17-10-6-3-7-11-17/h2-13H,14-15H2,1H3/b18-12-,19-13+. The summed E-state index contributed by atoms with van der Waals surface area (Å²) in [5.41, 5.74) is 3.00. The van der Waals surface area contributed by atoms with Gasteiger partial charge in [-0.3, -0.25) is 9.69 Å². The Morgan fingerprint density at radius 1 is 0.880 bits per heavy atom. The molecule has 1 fully saturated rings. The van der Waals surface area contributed by atoms with Crippen LogP contribution < -0.4 is 0 Å². The first-order valence-corrected chi connectivity index (χ1v) is 8.06. The summed E-state index contributed by atoms with van der Waals surface area (Å²) in [7, 11) is 1.35. The summed E-state index contributed by atoms with van der Waals surface area (Å²) in [6.45, 7) is 0.485. The topological polar surface area (TPSA) is 46.6 Å². The van der Waals surface area contributed by atoms with E-state index in [-0.39, 0.29) is 18.9 Å².